The molecule has 0 aliphatic rings. The molecule has 1 rings (SSSR count). The van der Waals surface area contributed by atoms with Crippen LogP contribution in [0.4, 0.5) is 0 Å². The third-order valence-electron chi connectivity index (χ3n) is 2.16. The molecule has 84 valence electrons. The normalized spacial score (nSPS) is 10.5. The van der Waals surface area contributed by atoms with Gasteiger partial charge < -0.3 is 15.2 Å². The molecule has 3 heteroatoms. The molecule has 0 fully saturated rings. The maximum atomic E-state index is 5.51. The lowest BCUT2D eigenvalue weighted by Crippen LogP contribution is -2.00. The Kier molecular flexibility index (Phi) is 6.00. The maximum Gasteiger partial charge on any atom is 0.0716 e. The summed E-state index contributed by atoms with van der Waals surface area (Å²) >= 11 is 0. The van der Waals surface area contributed by atoms with Gasteiger partial charge in [0.15, 0.2) is 0 Å². The van der Waals surface area contributed by atoms with Crippen LogP contribution in [-0.2, 0) is 22.6 Å². The fourth-order valence-corrected chi connectivity index (χ4v) is 1.27. The van der Waals surface area contributed by atoms with Gasteiger partial charge in [-0.2, -0.15) is 0 Å². The smallest absolute Gasteiger partial charge is 0.0716 e. The van der Waals surface area contributed by atoms with Crippen LogP contribution in [0.1, 0.15) is 17.5 Å². The molecule has 0 atom stereocenters. The van der Waals surface area contributed by atoms with Crippen molar-refractivity contribution in [3.05, 3.63) is 35.4 Å². The zero-order chi connectivity index (χ0) is 10.9. The topological polar surface area (TPSA) is 44.5 Å². The number of ether oxygens (including phenoxy) is 2. The summed E-state index contributed by atoms with van der Waals surface area (Å²) in [6, 6.07) is 8.18. The zero-order valence-corrected chi connectivity index (χ0v) is 9.24. The third-order valence-corrected chi connectivity index (χ3v) is 2.16. The molecule has 0 aliphatic heterocycles. The summed E-state index contributed by atoms with van der Waals surface area (Å²) in [5.74, 6) is 0. The lowest BCUT2D eigenvalue weighted by Gasteiger charge is -2.04. The molecule has 0 radical (unpaired) electrons. The second-order valence-electron chi connectivity index (χ2n) is 3.42. The first-order valence-corrected chi connectivity index (χ1v) is 5.21. The number of rotatable bonds is 7. The molecule has 1 aromatic rings. The Labute approximate surface area is 91.2 Å². The first kappa shape index (κ1) is 12.2. The zero-order valence-electron chi connectivity index (χ0n) is 9.24. The predicted molar refractivity (Wildman–Crippen MR) is 60.5 cm³/mol. The monoisotopic (exact) mass is 209 g/mol. The van der Waals surface area contributed by atoms with Crippen LogP contribution in [0.3, 0.4) is 0 Å². The van der Waals surface area contributed by atoms with Crippen LogP contribution in [-0.4, -0.2) is 20.3 Å². The summed E-state index contributed by atoms with van der Waals surface area (Å²) in [7, 11) is 1.70. The van der Waals surface area contributed by atoms with Crippen LogP contribution < -0.4 is 5.73 Å². The molecule has 0 aliphatic carbocycles. The van der Waals surface area contributed by atoms with Gasteiger partial charge >= 0.3 is 0 Å². The van der Waals surface area contributed by atoms with Crippen molar-refractivity contribution in [1.29, 1.82) is 0 Å². The molecular weight excluding hydrogens is 190 g/mol. The maximum absolute atomic E-state index is 5.51. The van der Waals surface area contributed by atoms with E-state index in [1.165, 1.54) is 5.56 Å². The van der Waals surface area contributed by atoms with Crippen molar-refractivity contribution in [3.63, 3.8) is 0 Å². The molecule has 0 unspecified atom stereocenters. The van der Waals surface area contributed by atoms with Gasteiger partial charge in [-0.15, -0.1) is 0 Å². The van der Waals surface area contributed by atoms with Gasteiger partial charge in [0.2, 0.25) is 0 Å². The molecule has 0 saturated heterocycles. The molecular formula is C12H19NO2. The second kappa shape index (κ2) is 7.40. The first-order chi connectivity index (χ1) is 7.36. The lowest BCUT2D eigenvalue weighted by molar-refractivity contribution is 0.0928. The van der Waals surface area contributed by atoms with E-state index in [1.807, 2.05) is 12.1 Å². The van der Waals surface area contributed by atoms with E-state index in [0.717, 1.165) is 25.2 Å². The SMILES string of the molecule is COCCCOCc1ccc(CN)cc1. The van der Waals surface area contributed by atoms with E-state index < -0.39 is 0 Å². The van der Waals surface area contributed by atoms with Crippen LogP contribution in [0.15, 0.2) is 24.3 Å². The molecule has 0 bridgehead atoms. The Hall–Kier alpha value is -0.900. The minimum Gasteiger partial charge on any atom is -0.385 e. The Balaban J connectivity index is 2.20. The Bertz CT molecular complexity index is 259. The van der Waals surface area contributed by atoms with E-state index in [-0.39, 0.29) is 0 Å². The second-order valence-corrected chi connectivity index (χ2v) is 3.42. The summed E-state index contributed by atoms with van der Waals surface area (Å²) in [4.78, 5) is 0. The Morgan fingerprint density at radius 3 is 2.33 bits per heavy atom. The van der Waals surface area contributed by atoms with Gasteiger partial charge in [-0.3, -0.25) is 0 Å². The van der Waals surface area contributed by atoms with Gasteiger partial charge in [-0.05, 0) is 17.5 Å². The van der Waals surface area contributed by atoms with Crippen LogP contribution in [0.5, 0.6) is 0 Å². The molecule has 1 aromatic carbocycles. The van der Waals surface area contributed by atoms with Gasteiger partial charge in [0.05, 0.1) is 6.61 Å². The van der Waals surface area contributed by atoms with E-state index in [4.69, 9.17) is 15.2 Å². The Morgan fingerprint density at radius 2 is 1.73 bits per heavy atom. The average Bonchev–Trinajstić information content (AvgIpc) is 2.30. The highest BCUT2D eigenvalue weighted by Crippen LogP contribution is 2.05. The van der Waals surface area contributed by atoms with Crippen molar-refractivity contribution < 1.29 is 9.47 Å². The van der Waals surface area contributed by atoms with Crippen molar-refractivity contribution in [1.82, 2.24) is 0 Å². The van der Waals surface area contributed by atoms with E-state index >= 15 is 0 Å². The molecule has 0 heterocycles. The van der Waals surface area contributed by atoms with Gasteiger partial charge in [-0.25, -0.2) is 0 Å². The number of nitrogens with two attached hydrogens (primary N) is 1. The summed E-state index contributed by atoms with van der Waals surface area (Å²) < 4.78 is 10.4. The van der Waals surface area contributed by atoms with Gasteiger partial charge in [0.25, 0.3) is 0 Å². The largest absolute Gasteiger partial charge is 0.385 e. The molecule has 0 amide bonds. The van der Waals surface area contributed by atoms with Crippen molar-refractivity contribution in [2.24, 2.45) is 5.73 Å². The molecule has 0 aromatic heterocycles. The van der Waals surface area contributed by atoms with Crippen LogP contribution in [0.2, 0.25) is 0 Å². The van der Waals surface area contributed by atoms with Crippen LogP contribution >= 0.6 is 0 Å². The highest BCUT2D eigenvalue weighted by Gasteiger charge is 1.94. The number of hydrogen-bond acceptors (Lipinski definition) is 3. The van der Waals surface area contributed by atoms with E-state index in [1.54, 1.807) is 7.11 Å². The van der Waals surface area contributed by atoms with Crippen LogP contribution in [0, 0.1) is 0 Å². The number of hydrogen-bond donors (Lipinski definition) is 1. The molecule has 0 saturated carbocycles. The fraction of sp³-hybridized carbons (Fsp3) is 0.500. The fourth-order valence-electron chi connectivity index (χ4n) is 1.27. The van der Waals surface area contributed by atoms with Crippen LogP contribution in [0.25, 0.3) is 0 Å². The highest BCUT2D eigenvalue weighted by molar-refractivity contribution is 5.21. The van der Waals surface area contributed by atoms with Crippen molar-refractivity contribution >= 4 is 0 Å². The Morgan fingerprint density at radius 1 is 1.07 bits per heavy atom. The molecule has 0 spiro atoms. The lowest BCUT2D eigenvalue weighted by atomic mass is 10.1. The molecule has 15 heavy (non-hydrogen) atoms. The molecule has 2 N–H and O–H groups in total. The minimum atomic E-state index is 0.592. The quantitative estimate of drug-likeness (QED) is 0.695. The van der Waals surface area contributed by atoms with E-state index in [2.05, 4.69) is 12.1 Å². The third kappa shape index (κ3) is 4.93. The van der Waals surface area contributed by atoms with E-state index in [0.29, 0.717) is 13.2 Å². The highest BCUT2D eigenvalue weighted by atomic mass is 16.5. The predicted octanol–water partition coefficient (Wildman–Crippen LogP) is 1.70. The van der Waals surface area contributed by atoms with E-state index in [9.17, 15) is 0 Å². The first-order valence-electron chi connectivity index (χ1n) is 5.21. The van der Waals surface area contributed by atoms with Gasteiger partial charge in [0, 0.05) is 26.9 Å². The van der Waals surface area contributed by atoms with Crippen molar-refractivity contribution in [3.8, 4) is 0 Å². The summed E-state index contributed by atoms with van der Waals surface area (Å²) in [5, 5.41) is 0. The summed E-state index contributed by atoms with van der Waals surface area (Å²) in [5.41, 5.74) is 7.85. The van der Waals surface area contributed by atoms with Gasteiger partial charge in [0.1, 0.15) is 0 Å². The van der Waals surface area contributed by atoms with Gasteiger partial charge in [-0.1, -0.05) is 24.3 Å². The average molecular weight is 209 g/mol. The number of methoxy groups -OCH3 is 1. The molecule has 3 nitrogen and oxygen atoms in total. The standard InChI is InChI=1S/C12H19NO2/c1-14-7-2-8-15-10-12-5-3-11(9-13)4-6-12/h3-6H,2,7-10,13H2,1H3. The summed E-state index contributed by atoms with van der Waals surface area (Å²) in [6.07, 6.45) is 0.942. The van der Waals surface area contributed by atoms with Crippen molar-refractivity contribution in [2.75, 3.05) is 20.3 Å². The minimum absolute atomic E-state index is 0.592. The summed E-state index contributed by atoms with van der Waals surface area (Å²) in [6.45, 7) is 2.75. The number of benzene rings is 1. The van der Waals surface area contributed by atoms with Crippen molar-refractivity contribution in [2.45, 2.75) is 19.6 Å².